The topological polar surface area (TPSA) is 112 Å². The van der Waals surface area contributed by atoms with Gasteiger partial charge in [0.25, 0.3) is 0 Å². The monoisotopic (exact) mass is 332 g/mol. The lowest BCUT2D eigenvalue weighted by atomic mass is 10.1. The average molecular weight is 332 g/mol. The quantitative estimate of drug-likeness (QED) is 0.408. The van der Waals surface area contributed by atoms with E-state index in [1.54, 1.807) is 0 Å². The van der Waals surface area contributed by atoms with Crippen molar-refractivity contribution in [1.29, 1.82) is 0 Å². The standard InChI is InChI=1S/C9H16O4.C8H16O2/c10-8(11)6-4-2-1-3-5-7-9(12)13;1-2-3-4-5-6-7-8(9)10/h1-7H2,(H,10,11)(H,12,13);2-7H2,1H3,(H,9,10). The van der Waals surface area contributed by atoms with Crippen LogP contribution in [0.5, 0.6) is 0 Å². The van der Waals surface area contributed by atoms with Gasteiger partial charge < -0.3 is 15.3 Å². The van der Waals surface area contributed by atoms with Crippen molar-refractivity contribution in [2.45, 2.75) is 90.4 Å². The van der Waals surface area contributed by atoms with Crippen LogP contribution in [-0.2, 0) is 14.4 Å². The van der Waals surface area contributed by atoms with Gasteiger partial charge in [0.1, 0.15) is 0 Å². The van der Waals surface area contributed by atoms with E-state index in [4.69, 9.17) is 15.3 Å². The fourth-order valence-corrected chi connectivity index (χ4v) is 1.96. The summed E-state index contributed by atoms with van der Waals surface area (Å²) < 4.78 is 0. The van der Waals surface area contributed by atoms with Crippen LogP contribution in [-0.4, -0.2) is 33.2 Å². The SMILES string of the molecule is CCCCCCCC(=O)O.O=C(O)CCCCCCCC(=O)O. The molecule has 0 saturated heterocycles. The number of aliphatic carboxylic acids is 3. The zero-order valence-electron chi connectivity index (χ0n) is 14.3. The predicted octanol–water partition coefficient (Wildman–Crippen LogP) is 4.32. The van der Waals surface area contributed by atoms with Crippen LogP contribution in [0.2, 0.25) is 0 Å². The van der Waals surface area contributed by atoms with Gasteiger partial charge in [0, 0.05) is 19.3 Å². The third kappa shape index (κ3) is 29.1. The molecule has 0 aliphatic heterocycles. The molecule has 0 aliphatic rings. The van der Waals surface area contributed by atoms with Crippen LogP contribution in [0.1, 0.15) is 90.4 Å². The molecule has 23 heavy (non-hydrogen) atoms. The zero-order valence-corrected chi connectivity index (χ0v) is 14.3. The fourth-order valence-electron chi connectivity index (χ4n) is 1.96. The van der Waals surface area contributed by atoms with Crippen molar-refractivity contribution in [1.82, 2.24) is 0 Å². The van der Waals surface area contributed by atoms with E-state index in [0.717, 1.165) is 32.1 Å². The lowest BCUT2D eigenvalue weighted by molar-refractivity contribution is -0.138. The molecule has 0 aromatic rings. The number of carboxylic acid groups (broad SMARTS) is 3. The minimum absolute atomic E-state index is 0.221. The molecule has 0 bridgehead atoms. The molecule has 6 heteroatoms. The Hall–Kier alpha value is -1.59. The van der Waals surface area contributed by atoms with Gasteiger partial charge in [-0.15, -0.1) is 0 Å². The van der Waals surface area contributed by atoms with Gasteiger partial charge in [0.2, 0.25) is 0 Å². The Balaban J connectivity index is 0. The van der Waals surface area contributed by atoms with Crippen LogP contribution in [0.25, 0.3) is 0 Å². The number of carboxylic acids is 3. The summed E-state index contributed by atoms with van der Waals surface area (Å²) in [4.78, 5) is 30.2. The van der Waals surface area contributed by atoms with Gasteiger partial charge >= 0.3 is 17.9 Å². The van der Waals surface area contributed by atoms with Crippen LogP contribution in [0.15, 0.2) is 0 Å². The van der Waals surface area contributed by atoms with Crippen LogP contribution in [0.3, 0.4) is 0 Å². The van der Waals surface area contributed by atoms with Crippen LogP contribution in [0.4, 0.5) is 0 Å². The van der Waals surface area contributed by atoms with E-state index in [2.05, 4.69) is 6.92 Å². The van der Waals surface area contributed by atoms with Crippen molar-refractivity contribution in [3.8, 4) is 0 Å². The first-order chi connectivity index (χ1) is 10.9. The van der Waals surface area contributed by atoms with Gasteiger partial charge in [-0.25, -0.2) is 0 Å². The smallest absolute Gasteiger partial charge is 0.303 e. The molecule has 0 heterocycles. The molecule has 0 atom stereocenters. The van der Waals surface area contributed by atoms with E-state index < -0.39 is 17.9 Å². The maximum atomic E-state index is 10.1. The highest BCUT2D eigenvalue weighted by Gasteiger charge is 1.98. The first-order valence-corrected chi connectivity index (χ1v) is 8.55. The van der Waals surface area contributed by atoms with Gasteiger partial charge in [0.15, 0.2) is 0 Å². The van der Waals surface area contributed by atoms with Crippen molar-refractivity contribution in [3.63, 3.8) is 0 Å². The highest BCUT2D eigenvalue weighted by atomic mass is 16.4. The molecule has 6 nitrogen and oxygen atoms in total. The maximum Gasteiger partial charge on any atom is 0.303 e. The second kappa shape index (κ2) is 18.5. The van der Waals surface area contributed by atoms with E-state index in [-0.39, 0.29) is 12.8 Å². The van der Waals surface area contributed by atoms with Crippen molar-refractivity contribution in [3.05, 3.63) is 0 Å². The van der Waals surface area contributed by atoms with Crippen LogP contribution < -0.4 is 0 Å². The van der Waals surface area contributed by atoms with Gasteiger partial charge in [-0.1, -0.05) is 51.9 Å². The number of hydrogen-bond acceptors (Lipinski definition) is 3. The molecule has 0 spiro atoms. The molecule has 0 fully saturated rings. The summed E-state index contributed by atoms with van der Waals surface area (Å²) in [6, 6.07) is 0. The summed E-state index contributed by atoms with van der Waals surface area (Å²) in [7, 11) is 0. The van der Waals surface area contributed by atoms with Crippen molar-refractivity contribution in [2.75, 3.05) is 0 Å². The average Bonchev–Trinajstić information content (AvgIpc) is 2.46. The predicted molar refractivity (Wildman–Crippen MR) is 88.6 cm³/mol. The van der Waals surface area contributed by atoms with E-state index in [0.29, 0.717) is 19.3 Å². The molecule has 0 amide bonds. The zero-order chi connectivity index (χ0) is 17.9. The summed E-state index contributed by atoms with van der Waals surface area (Å²) >= 11 is 0. The van der Waals surface area contributed by atoms with Gasteiger partial charge in [0.05, 0.1) is 0 Å². The molecular weight excluding hydrogens is 300 g/mol. The molecular formula is C17H32O6. The number of hydrogen-bond donors (Lipinski definition) is 3. The fraction of sp³-hybridized carbons (Fsp3) is 0.824. The van der Waals surface area contributed by atoms with Crippen molar-refractivity contribution < 1.29 is 29.7 Å². The number of rotatable bonds is 14. The Bertz CT molecular complexity index is 296. The molecule has 136 valence electrons. The van der Waals surface area contributed by atoms with Crippen LogP contribution in [0, 0.1) is 0 Å². The Morgan fingerprint density at radius 3 is 1.04 bits per heavy atom. The largest absolute Gasteiger partial charge is 0.481 e. The van der Waals surface area contributed by atoms with Gasteiger partial charge in [-0.05, 0) is 19.3 Å². The Labute approximate surface area is 138 Å². The molecule has 0 aromatic heterocycles. The normalized spacial score (nSPS) is 9.78. The van der Waals surface area contributed by atoms with E-state index in [1.807, 2.05) is 0 Å². The molecule has 0 saturated carbocycles. The lowest BCUT2D eigenvalue weighted by Gasteiger charge is -1.97. The summed E-state index contributed by atoms with van der Waals surface area (Å²) in [5.74, 6) is -2.19. The number of carbonyl (C=O) groups is 3. The Kier molecular flexibility index (Phi) is 19.0. The summed E-state index contributed by atoms with van der Waals surface area (Å²) in [6.45, 7) is 2.15. The molecule has 0 unspecified atom stereocenters. The molecule has 0 rings (SSSR count). The van der Waals surface area contributed by atoms with Gasteiger partial charge in [-0.2, -0.15) is 0 Å². The summed E-state index contributed by atoms with van der Waals surface area (Å²) in [5, 5.41) is 24.9. The van der Waals surface area contributed by atoms with Gasteiger partial charge in [-0.3, -0.25) is 14.4 Å². The van der Waals surface area contributed by atoms with E-state index >= 15 is 0 Å². The summed E-state index contributed by atoms with van der Waals surface area (Å²) in [6.07, 6.45) is 10.4. The Morgan fingerprint density at radius 2 is 0.783 bits per heavy atom. The minimum atomic E-state index is -0.759. The van der Waals surface area contributed by atoms with Crippen LogP contribution >= 0.6 is 0 Å². The third-order valence-electron chi connectivity index (χ3n) is 3.28. The summed E-state index contributed by atoms with van der Waals surface area (Å²) in [5.41, 5.74) is 0. The molecule has 0 radical (unpaired) electrons. The minimum Gasteiger partial charge on any atom is -0.481 e. The highest BCUT2D eigenvalue weighted by Crippen LogP contribution is 2.07. The highest BCUT2D eigenvalue weighted by molar-refractivity contribution is 5.67. The van der Waals surface area contributed by atoms with Crippen molar-refractivity contribution >= 4 is 17.9 Å². The maximum absolute atomic E-state index is 10.1. The second-order valence-corrected chi connectivity index (χ2v) is 5.61. The second-order valence-electron chi connectivity index (χ2n) is 5.61. The van der Waals surface area contributed by atoms with Crippen molar-refractivity contribution in [2.24, 2.45) is 0 Å². The van der Waals surface area contributed by atoms with E-state index in [9.17, 15) is 14.4 Å². The molecule has 0 aliphatic carbocycles. The Morgan fingerprint density at radius 1 is 0.522 bits per heavy atom. The number of unbranched alkanes of at least 4 members (excludes halogenated alkanes) is 8. The third-order valence-corrected chi connectivity index (χ3v) is 3.28. The molecule has 3 N–H and O–H groups in total. The lowest BCUT2D eigenvalue weighted by Crippen LogP contribution is -1.95. The first-order valence-electron chi connectivity index (χ1n) is 8.55. The first kappa shape index (κ1) is 23.7. The van der Waals surface area contributed by atoms with E-state index in [1.165, 1.54) is 19.3 Å². The molecule has 0 aromatic carbocycles.